The van der Waals surface area contributed by atoms with Crippen LogP contribution in [0.4, 0.5) is 0 Å². The van der Waals surface area contributed by atoms with Gasteiger partial charge in [0, 0.05) is 13.1 Å². The first-order valence-corrected chi connectivity index (χ1v) is 7.75. The second-order valence-electron chi connectivity index (χ2n) is 5.97. The average Bonchev–Trinajstić information content (AvgIpc) is 2.43. The second kappa shape index (κ2) is 9.32. The Hall–Kier alpha value is -0.650. The predicted molar refractivity (Wildman–Crippen MR) is 81.8 cm³/mol. The third-order valence-corrected chi connectivity index (χ3v) is 4.00. The van der Waals surface area contributed by atoms with Crippen molar-refractivity contribution in [2.45, 2.75) is 32.2 Å². The summed E-state index contributed by atoms with van der Waals surface area (Å²) in [7, 11) is 5.74. The smallest absolute Gasteiger partial charge is 0.322 e. The third kappa shape index (κ3) is 6.20. The number of nitrogens with one attached hydrogen (secondary N) is 1. The van der Waals surface area contributed by atoms with Gasteiger partial charge in [0.2, 0.25) is 0 Å². The maximum absolute atomic E-state index is 11.6. The van der Waals surface area contributed by atoms with Crippen molar-refractivity contribution in [2.75, 3.05) is 53.9 Å². The Morgan fingerprint density at radius 1 is 1.40 bits per heavy atom. The van der Waals surface area contributed by atoms with Gasteiger partial charge in [-0.15, -0.1) is 0 Å². The standard InChI is InChI=1S/C15H31N3O2/c1-5-16-14(15(19)20-4)8-11-18-9-6-13(7-10-18)12-17(2)3/h13-14,16H,5-12H2,1-4H3. The molecule has 1 N–H and O–H groups in total. The van der Waals surface area contributed by atoms with Gasteiger partial charge in [-0.1, -0.05) is 6.92 Å². The van der Waals surface area contributed by atoms with Gasteiger partial charge in [0.05, 0.1) is 7.11 Å². The van der Waals surface area contributed by atoms with Crippen molar-refractivity contribution in [1.82, 2.24) is 15.1 Å². The molecule has 1 atom stereocenters. The summed E-state index contributed by atoms with van der Waals surface area (Å²) in [4.78, 5) is 16.4. The van der Waals surface area contributed by atoms with Gasteiger partial charge < -0.3 is 19.9 Å². The lowest BCUT2D eigenvalue weighted by Gasteiger charge is -2.33. The molecule has 1 fully saturated rings. The SMILES string of the molecule is CCNC(CCN1CCC(CN(C)C)CC1)C(=O)OC. The molecule has 1 aliphatic rings. The maximum atomic E-state index is 11.6. The zero-order chi connectivity index (χ0) is 15.0. The second-order valence-corrected chi connectivity index (χ2v) is 5.97. The number of nitrogens with zero attached hydrogens (tertiary/aromatic N) is 2. The summed E-state index contributed by atoms with van der Waals surface area (Å²) in [5.74, 6) is 0.681. The van der Waals surface area contributed by atoms with Crippen LogP contribution in [0.2, 0.25) is 0 Å². The summed E-state index contributed by atoms with van der Waals surface area (Å²) in [5, 5.41) is 3.20. The molecule has 1 rings (SSSR count). The van der Waals surface area contributed by atoms with E-state index in [0.29, 0.717) is 0 Å². The van der Waals surface area contributed by atoms with Gasteiger partial charge in [-0.05, 0) is 58.9 Å². The molecule has 1 aliphatic heterocycles. The molecule has 0 aliphatic carbocycles. The molecule has 20 heavy (non-hydrogen) atoms. The average molecular weight is 285 g/mol. The highest BCUT2D eigenvalue weighted by molar-refractivity contribution is 5.75. The zero-order valence-electron chi connectivity index (χ0n) is 13.5. The summed E-state index contributed by atoms with van der Waals surface area (Å²) in [6.07, 6.45) is 3.36. The van der Waals surface area contributed by atoms with Crippen LogP contribution in [0.1, 0.15) is 26.2 Å². The number of carbonyl (C=O) groups is 1. The van der Waals surface area contributed by atoms with Crippen LogP contribution in [0.3, 0.4) is 0 Å². The van der Waals surface area contributed by atoms with Crippen molar-refractivity contribution in [3.63, 3.8) is 0 Å². The minimum atomic E-state index is -0.163. The monoisotopic (exact) mass is 285 g/mol. The van der Waals surface area contributed by atoms with E-state index in [0.717, 1.165) is 38.5 Å². The molecule has 1 unspecified atom stereocenters. The summed E-state index contributed by atoms with van der Waals surface area (Å²) < 4.78 is 4.84. The number of likely N-dealkylation sites (tertiary alicyclic amines) is 1. The summed E-state index contributed by atoms with van der Waals surface area (Å²) in [5.41, 5.74) is 0. The fourth-order valence-corrected chi connectivity index (χ4v) is 2.91. The lowest BCUT2D eigenvalue weighted by molar-refractivity contribution is -0.143. The lowest BCUT2D eigenvalue weighted by Crippen LogP contribution is -2.43. The van der Waals surface area contributed by atoms with Crippen LogP contribution in [0.15, 0.2) is 0 Å². The highest BCUT2D eigenvalue weighted by atomic mass is 16.5. The minimum Gasteiger partial charge on any atom is -0.468 e. The van der Waals surface area contributed by atoms with Crippen molar-refractivity contribution in [3.8, 4) is 0 Å². The van der Waals surface area contributed by atoms with E-state index in [2.05, 4.69) is 29.2 Å². The van der Waals surface area contributed by atoms with Gasteiger partial charge in [0.15, 0.2) is 0 Å². The van der Waals surface area contributed by atoms with Gasteiger partial charge in [0.25, 0.3) is 0 Å². The summed E-state index contributed by atoms with van der Waals surface area (Å²) in [6, 6.07) is -0.163. The first-order chi connectivity index (χ1) is 9.56. The molecule has 5 nitrogen and oxygen atoms in total. The molecule has 118 valence electrons. The van der Waals surface area contributed by atoms with Crippen LogP contribution < -0.4 is 5.32 Å². The van der Waals surface area contributed by atoms with Crippen molar-refractivity contribution < 1.29 is 9.53 Å². The Labute approximate surface area is 123 Å². The van der Waals surface area contributed by atoms with Crippen molar-refractivity contribution in [1.29, 1.82) is 0 Å². The largest absolute Gasteiger partial charge is 0.468 e. The predicted octanol–water partition coefficient (Wildman–Crippen LogP) is 0.801. The first kappa shape index (κ1) is 17.4. The van der Waals surface area contributed by atoms with Gasteiger partial charge in [-0.25, -0.2) is 0 Å². The van der Waals surface area contributed by atoms with Crippen LogP contribution in [-0.4, -0.2) is 75.7 Å². The van der Waals surface area contributed by atoms with Crippen LogP contribution in [0.5, 0.6) is 0 Å². The van der Waals surface area contributed by atoms with Crippen molar-refractivity contribution in [2.24, 2.45) is 5.92 Å². The van der Waals surface area contributed by atoms with Gasteiger partial charge in [-0.2, -0.15) is 0 Å². The third-order valence-electron chi connectivity index (χ3n) is 4.00. The molecule has 1 heterocycles. The van der Waals surface area contributed by atoms with Crippen LogP contribution >= 0.6 is 0 Å². The van der Waals surface area contributed by atoms with E-state index >= 15 is 0 Å². The Balaban J connectivity index is 2.27. The van der Waals surface area contributed by atoms with Crippen LogP contribution in [0.25, 0.3) is 0 Å². The molecule has 0 aromatic heterocycles. The summed E-state index contributed by atoms with van der Waals surface area (Å²) in [6.45, 7) is 7.28. The fraction of sp³-hybridized carbons (Fsp3) is 0.933. The lowest BCUT2D eigenvalue weighted by atomic mass is 9.96. The van der Waals surface area contributed by atoms with E-state index < -0.39 is 0 Å². The number of likely N-dealkylation sites (N-methyl/N-ethyl adjacent to an activating group) is 1. The van der Waals surface area contributed by atoms with Crippen LogP contribution in [-0.2, 0) is 9.53 Å². The van der Waals surface area contributed by atoms with E-state index in [1.807, 2.05) is 6.92 Å². The molecule has 0 aromatic carbocycles. The zero-order valence-corrected chi connectivity index (χ0v) is 13.5. The first-order valence-electron chi connectivity index (χ1n) is 7.75. The van der Waals surface area contributed by atoms with E-state index in [-0.39, 0.29) is 12.0 Å². The molecule has 5 heteroatoms. The fourth-order valence-electron chi connectivity index (χ4n) is 2.91. The van der Waals surface area contributed by atoms with Crippen LogP contribution in [0, 0.1) is 5.92 Å². The van der Waals surface area contributed by atoms with E-state index in [1.165, 1.54) is 26.5 Å². The molecule has 1 saturated heterocycles. The molecule has 0 amide bonds. The minimum absolute atomic E-state index is 0.144. The number of esters is 1. The Bertz CT molecular complexity index is 276. The van der Waals surface area contributed by atoms with E-state index in [9.17, 15) is 4.79 Å². The number of carbonyl (C=O) groups excluding carboxylic acids is 1. The molecule has 0 saturated carbocycles. The number of piperidine rings is 1. The molecular formula is C15H31N3O2. The number of ether oxygens (including phenoxy) is 1. The molecule has 0 radical (unpaired) electrons. The Kier molecular flexibility index (Phi) is 8.11. The molecule has 0 aromatic rings. The van der Waals surface area contributed by atoms with Crippen molar-refractivity contribution >= 4 is 5.97 Å². The van der Waals surface area contributed by atoms with Gasteiger partial charge >= 0.3 is 5.97 Å². The highest BCUT2D eigenvalue weighted by Gasteiger charge is 2.22. The topological polar surface area (TPSA) is 44.8 Å². The number of hydrogen-bond acceptors (Lipinski definition) is 5. The molecular weight excluding hydrogens is 254 g/mol. The molecule has 0 bridgehead atoms. The van der Waals surface area contributed by atoms with E-state index in [1.54, 1.807) is 0 Å². The Morgan fingerprint density at radius 3 is 2.55 bits per heavy atom. The highest BCUT2D eigenvalue weighted by Crippen LogP contribution is 2.18. The quantitative estimate of drug-likeness (QED) is 0.668. The summed E-state index contributed by atoms with van der Waals surface area (Å²) >= 11 is 0. The number of rotatable bonds is 8. The maximum Gasteiger partial charge on any atom is 0.322 e. The number of hydrogen-bond donors (Lipinski definition) is 1. The van der Waals surface area contributed by atoms with Gasteiger partial charge in [-0.3, -0.25) is 4.79 Å². The van der Waals surface area contributed by atoms with E-state index in [4.69, 9.17) is 4.74 Å². The van der Waals surface area contributed by atoms with Crippen molar-refractivity contribution in [3.05, 3.63) is 0 Å². The Morgan fingerprint density at radius 2 is 2.05 bits per heavy atom. The normalized spacial score (nSPS) is 19.2. The molecule has 0 spiro atoms. The van der Waals surface area contributed by atoms with Gasteiger partial charge in [0.1, 0.15) is 6.04 Å². The number of methoxy groups -OCH3 is 1.